The summed E-state index contributed by atoms with van der Waals surface area (Å²) in [6.45, 7) is 2.81. The smallest absolute Gasteiger partial charge is 0.319 e. The van der Waals surface area contributed by atoms with Crippen LogP contribution >= 0.6 is 0 Å². The topological polar surface area (TPSA) is 76.4 Å². The average Bonchev–Trinajstić information content (AvgIpc) is 2.27. The van der Waals surface area contributed by atoms with E-state index in [-0.39, 0.29) is 6.03 Å². The molecule has 4 N–H and O–H groups in total. The Hall–Kier alpha value is -1.75. The maximum absolute atomic E-state index is 11.4. The predicted octanol–water partition coefficient (Wildman–Crippen LogP) is 1.08. The standard InChI is InChI=1S/C11H17N3O2/c1-8-3-4-10(16-2)9(7-8)14-11(15)13-6-5-12/h3-4,7H,5-6,12H2,1-2H3,(H2,13,14,15). The van der Waals surface area contributed by atoms with Gasteiger partial charge in [0, 0.05) is 13.1 Å². The summed E-state index contributed by atoms with van der Waals surface area (Å²) < 4.78 is 5.14. The molecule has 5 nitrogen and oxygen atoms in total. The molecule has 0 aliphatic carbocycles. The fourth-order valence-corrected chi connectivity index (χ4v) is 1.27. The van der Waals surface area contributed by atoms with Gasteiger partial charge in [-0.05, 0) is 24.6 Å². The van der Waals surface area contributed by atoms with Crippen LogP contribution in [0.4, 0.5) is 10.5 Å². The van der Waals surface area contributed by atoms with E-state index in [1.54, 1.807) is 7.11 Å². The second kappa shape index (κ2) is 5.97. The van der Waals surface area contributed by atoms with E-state index in [1.165, 1.54) is 0 Å². The molecule has 0 aromatic heterocycles. The molecule has 2 amide bonds. The zero-order chi connectivity index (χ0) is 12.0. The number of carbonyl (C=O) groups is 1. The van der Waals surface area contributed by atoms with E-state index in [1.807, 2.05) is 25.1 Å². The minimum atomic E-state index is -0.283. The van der Waals surface area contributed by atoms with Gasteiger partial charge < -0.3 is 21.1 Å². The monoisotopic (exact) mass is 223 g/mol. The van der Waals surface area contributed by atoms with Crippen LogP contribution in [0.5, 0.6) is 5.75 Å². The zero-order valence-electron chi connectivity index (χ0n) is 9.54. The molecule has 0 unspecified atom stereocenters. The molecule has 0 saturated carbocycles. The number of nitrogens with one attached hydrogen (secondary N) is 2. The molecular formula is C11H17N3O2. The minimum Gasteiger partial charge on any atom is -0.495 e. The van der Waals surface area contributed by atoms with E-state index in [2.05, 4.69) is 10.6 Å². The van der Waals surface area contributed by atoms with Crippen LogP contribution in [0.3, 0.4) is 0 Å². The average molecular weight is 223 g/mol. The Morgan fingerprint density at radius 2 is 2.25 bits per heavy atom. The van der Waals surface area contributed by atoms with Gasteiger partial charge in [-0.3, -0.25) is 0 Å². The molecule has 88 valence electrons. The van der Waals surface area contributed by atoms with Crippen molar-refractivity contribution < 1.29 is 9.53 Å². The normalized spacial score (nSPS) is 9.69. The highest BCUT2D eigenvalue weighted by molar-refractivity contribution is 5.91. The highest BCUT2D eigenvalue weighted by Crippen LogP contribution is 2.24. The van der Waals surface area contributed by atoms with Crippen LogP contribution in [0.25, 0.3) is 0 Å². The van der Waals surface area contributed by atoms with E-state index in [0.717, 1.165) is 5.56 Å². The van der Waals surface area contributed by atoms with Gasteiger partial charge >= 0.3 is 6.03 Å². The number of aryl methyl sites for hydroxylation is 1. The van der Waals surface area contributed by atoms with E-state index in [0.29, 0.717) is 24.5 Å². The van der Waals surface area contributed by atoms with Crippen molar-refractivity contribution >= 4 is 11.7 Å². The van der Waals surface area contributed by atoms with E-state index in [9.17, 15) is 4.79 Å². The van der Waals surface area contributed by atoms with Crippen molar-refractivity contribution in [3.05, 3.63) is 23.8 Å². The molecule has 0 heterocycles. The number of hydrogen-bond acceptors (Lipinski definition) is 3. The third-order valence-corrected chi connectivity index (χ3v) is 2.03. The molecule has 0 spiro atoms. The first-order valence-corrected chi connectivity index (χ1v) is 5.07. The van der Waals surface area contributed by atoms with Crippen molar-refractivity contribution in [1.29, 1.82) is 0 Å². The van der Waals surface area contributed by atoms with E-state index >= 15 is 0 Å². The summed E-state index contributed by atoms with van der Waals surface area (Å²) in [6, 6.07) is 5.30. The number of anilines is 1. The minimum absolute atomic E-state index is 0.283. The lowest BCUT2D eigenvalue weighted by Crippen LogP contribution is -2.32. The Bertz CT molecular complexity index is 366. The number of carbonyl (C=O) groups excluding carboxylic acids is 1. The van der Waals surface area contributed by atoms with Crippen molar-refractivity contribution in [1.82, 2.24) is 5.32 Å². The van der Waals surface area contributed by atoms with E-state index < -0.39 is 0 Å². The molecule has 0 aliphatic rings. The molecule has 0 bridgehead atoms. The number of rotatable bonds is 4. The van der Waals surface area contributed by atoms with Gasteiger partial charge in [-0.25, -0.2) is 4.79 Å². The molecule has 0 saturated heterocycles. The molecule has 0 fully saturated rings. The molecule has 0 radical (unpaired) electrons. The Labute approximate surface area is 95.0 Å². The summed E-state index contributed by atoms with van der Waals surface area (Å²) in [5.41, 5.74) is 6.98. The number of nitrogens with two attached hydrogens (primary N) is 1. The van der Waals surface area contributed by atoms with Gasteiger partial charge in [-0.1, -0.05) is 6.07 Å². The molecule has 0 aliphatic heterocycles. The number of amides is 2. The van der Waals surface area contributed by atoms with Crippen LogP contribution in [-0.2, 0) is 0 Å². The summed E-state index contributed by atoms with van der Waals surface area (Å²) in [5.74, 6) is 0.633. The second-order valence-corrected chi connectivity index (χ2v) is 3.37. The largest absolute Gasteiger partial charge is 0.495 e. The van der Waals surface area contributed by atoms with Crippen molar-refractivity contribution in [3.8, 4) is 5.75 Å². The van der Waals surface area contributed by atoms with Crippen LogP contribution in [0.2, 0.25) is 0 Å². The highest BCUT2D eigenvalue weighted by Gasteiger charge is 2.06. The Morgan fingerprint density at radius 1 is 1.50 bits per heavy atom. The highest BCUT2D eigenvalue weighted by atomic mass is 16.5. The first kappa shape index (κ1) is 12.3. The first-order valence-electron chi connectivity index (χ1n) is 5.07. The van der Waals surface area contributed by atoms with Crippen LogP contribution in [0.1, 0.15) is 5.56 Å². The number of urea groups is 1. The van der Waals surface area contributed by atoms with E-state index in [4.69, 9.17) is 10.5 Å². The predicted molar refractivity (Wildman–Crippen MR) is 63.8 cm³/mol. The van der Waals surface area contributed by atoms with Crippen LogP contribution in [0, 0.1) is 6.92 Å². The fourth-order valence-electron chi connectivity index (χ4n) is 1.27. The summed E-state index contributed by atoms with van der Waals surface area (Å²) in [6.07, 6.45) is 0. The first-order chi connectivity index (χ1) is 7.67. The maximum atomic E-state index is 11.4. The molecule has 1 aromatic carbocycles. The SMILES string of the molecule is COc1ccc(C)cc1NC(=O)NCCN. The number of methoxy groups -OCH3 is 1. The summed E-state index contributed by atoms with van der Waals surface area (Å²) in [5, 5.41) is 5.33. The summed E-state index contributed by atoms with van der Waals surface area (Å²) in [7, 11) is 1.56. The second-order valence-electron chi connectivity index (χ2n) is 3.37. The molecule has 1 aromatic rings. The zero-order valence-corrected chi connectivity index (χ0v) is 9.54. The van der Waals surface area contributed by atoms with Crippen LogP contribution in [0.15, 0.2) is 18.2 Å². The molecule has 0 atom stereocenters. The molecular weight excluding hydrogens is 206 g/mol. The Kier molecular flexibility index (Phi) is 4.60. The number of benzene rings is 1. The molecule has 16 heavy (non-hydrogen) atoms. The lowest BCUT2D eigenvalue weighted by atomic mass is 10.2. The molecule has 5 heteroatoms. The van der Waals surface area contributed by atoms with Gasteiger partial charge in [-0.2, -0.15) is 0 Å². The van der Waals surface area contributed by atoms with Crippen molar-refractivity contribution in [2.24, 2.45) is 5.73 Å². The van der Waals surface area contributed by atoms with Crippen molar-refractivity contribution in [2.45, 2.75) is 6.92 Å². The summed E-state index contributed by atoms with van der Waals surface area (Å²) in [4.78, 5) is 11.4. The number of hydrogen-bond donors (Lipinski definition) is 3. The van der Waals surface area contributed by atoms with Gasteiger partial charge in [0.05, 0.1) is 12.8 Å². The quantitative estimate of drug-likeness (QED) is 0.715. The fraction of sp³-hybridized carbons (Fsp3) is 0.364. The maximum Gasteiger partial charge on any atom is 0.319 e. The van der Waals surface area contributed by atoms with Gasteiger partial charge in [0.1, 0.15) is 5.75 Å². The van der Waals surface area contributed by atoms with Gasteiger partial charge in [0.2, 0.25) is 0 Å². The van der Waals surface area contributed by atoms with Crippen LogP contribution in [-0.4, -0.2) is 26.2 Å². The van der Waals surface area contributed by atoms with Crippen LogP contribution < -0.4 is 21.1 Å². The van der Waals surface area contributed by atoms with Crippen molar-refractivity contribution in [2.75, 3.05) is 25.5 Å². The van der Waals surface area contributed by atoms with Crippen molar-refractivity contribution in [3.63, 3.8) is 0 Å². The Balaban J connectivity index is 2.71. The molecule has 1 rings (SSSR count). The number of ether oxygens (including phenoxy) is 1. The third kappa shape index (κ3) is 3.43. The van der Waals surface area contributed by atoms with Gasteiger partial charge in [0.15, 0.2) is 0 Å². The summed E-state index contributed by atoms with van der Waals surface area (Å²) >= 11 is 0. The Morgan fingerprint density at radius 3 is 2.88 bits per heavy atom. The van der Waals surface area contributed by atoms with Gasteiger partial charge in [-0.15, -0.1) is 0 Å². The lowest BCUT2D eigenvalue weighted by molar-refractivity contribution is 0.252. The third-order valence-electron chi connectivity index (χ3n) is 2.03. The van der Waals surface area contributed by atoms with Gasteiger partial charge in [0.25, 0.3) is 0 Å². The lowest BCUT2D eigenvalue weighted by Gasteiger charge is -2.11.